The van der Waals surface area contributed by atoms with Crippen molar-refractivity contribution in [2.24, 2.45) is 0 Å². The van der Waals surface area contributed by atoms with Crippen LogP contribution in [0.5, 0.6) is 5.75 Å². The summed E-state index contributed by atoms with van der Waals surface area (Å²) < 4.78 is 52.6. The van der Waals surface area contributed by atoms with Crippen molar-refractivity contribution in [3.8, 4) is 5.75 Å². The first-order chi connectivity index (χ1) is 13.6. The molecule has 152 valence electrons. The summed E-state index contributed by atoms with van der Waals surface area (Å²) in [6.45, 7) is 5.42. The van der Waals surface area contributed by atoms with Crippen LogP contribution in [0.25, 0.3) is 0 Å². The fourth-order valence-electron chi connectivity index (χ4n) is 3.02. The number of sulfone groups is 2. The highest BCUT2D eigenvalue weighted by Gasteiger charge is 2.28. The van der Waals surface area contributed by atoms with Crippen molar-refractivity contribution in [3.63, 3.8) is 0 Å². The van der Waals surface area contributed by atoms with Crippen LogP contribution < -0.4 is 0 Å². The van der Waals surface area contributed by atoms with Crippen LogP contribution in [0.3, 0.4) is 0 Å². The molecule has 1 N–H and O–H groups in total. The smallest absolute Gasteiger partial charge is 0.210 e. The van der Waals surface area contributed by atoms with Gasteiger partial charge in [-0.1, -0.05) is 42.3 Å². The SMILES string of the molecule is CCc1cc(O)c(S(=O)(=O)c2ccc(C)cc2)cc1S(=O)(=O)c1ccc(C)cc1. The molecule has 5 nitrogen and oxygen atoms in total. The van der Waals surface area contributed by atoms with E-state index in [2.05, 4.69) is 0 Å². The van der Waals surface area contributed by atoms with Crippen LogP contribution in [0, 0.1) is 13.8 Å². The minimum absolute atomic E-state index is 0.0127. The molecule has 0 aromatic heterocycles. The minimum atomic E-state index is -4.10. The Kier molecular flexibility index (Phi) is 5.56. The Labute approximate surface area is 171 Å². The second-order valence-electron chi connectivity index (χ2n) is 6.91. The van der Waals surface area contributed by atoms with Crippen LogP contribution >= 0.6 is 0 Å². The molecule has 0 saturated heterocycles. The molecule has 0 radical (unpaired) electrons. The van der Waals surface area contributed by atoms with Crippen LogP contribution in [0.15, 0.2) is 80.2 Å². The van der Waals surface area contributed by atoms with Gasteiger partial charge in [0.15, 0.2) is 0 Å². The van der Waals surface area contributed by atoms with Crippen LogP contribution in [0.2, 0.25) is 0 Å². The minimum Gasteiger partial charge on any atom is -0.507 e. The summed E-state index contributed by atoms with van der Waals surface area (Å²) in [7, 11) is -8.06. The summed E-state index contributed by atoms with van der Waals surface area (Å²) in [5.41, 5.74) is 2.15. The maximum absolute atomic E-state index is 13.2. The van der Waals surface area contributed by atoms with E-state index in [9.17, 15) is 21.9 Å². The van der Waals surface area contributed by atoms with Gasteiger partial charge in [0, 0.05) is 0 Å². The quantitative estimate of drug-likeness (QED) is 0.654. The average Bonchev–Trinajstić information content (AvgIpc) is 2.68. The van der Waals surface area contributed by atoms with Crippen LogP contribution in [0.1, 0.15) is 23.6 Å². The molecule has 29 heavy (non-hydrogen) atoms. The van der Waals surface area contributed by atoms with Gasteiger partial charge in [0.2, 0.25) is 19.7 Å². The van der Waals surface area contributed by atoms with Crippen molar-refractivity contribution in [3.05, 3.63) is 77.4 Å². The third kappa shape index (κ3) is 3.93. The summed E-state index contributed by atoms with van der Waals surface area (Å²) in [5.74, 6) is -0.467. The topological polar surface area (TPSA) is 88.5 Å². The Morgan fingerprint density at radius 1 is 0.690 bits per heavy atom. The first-order valence-electron chi connectivity index (χ1n) is 9.06. The van der Waals surface area contributed by atoms with Crippen LogP contribution in [0.4, 0.5) is 0 Å². The van der Waals surface area contributed by atoms with Crippen molar-refractivity contribution in [2.75, 3.05) is 0 Å². The predicted octanol–water partition coefficient (Wildman–Crippen LogP) is 4.24. The monoisotopic (exact) mass is 430 g/mol. The molecule has 0 atom stereocenters. The van der Waals surface area contributed by atoms with Crippen molar-refractivity contribution in [1.82, 2.24) is 0 Å². The number of aryl methyl sites for hydroxylation is 3. The van der Waals surface area contributed by atoms with E-state index in [1.807, 2.05) is 13.8 Å². The first kappa shape index (κ1) is 21.1. The third-order valence-corrected chi connectivity index (χ3v) is 8.42. The van der Waals surface area contributed by atoms with E-state index in [4.69, 9.17) is 0 Å². The zero-order chi connectivity index (χ0) is 21.4. The molecule has 0 aliphatic carbocycles. The fraction of sp³-hybridized carbons (Fsp3) is 0.182. The lowest BCUT2D eigenvalue weighted by Crippen LogP contribution is -2.09. The van der Waals surface area contributed by atoms with Gasteiger partial charge < -0.3 is 5.11 Å². The number of phenolic OH excluding ortho intramolecular Hbond substituents is 1. The maximum atomic E-state index is 13.2. The highest BCUT2D eigenvalue weighted by molar-refractivity contribution is 7.92. The molecule has 3 aromatic carbocycles. The average molecular weight is 431 g/mol. The van der Waals surface area contributed by atoms with Crippen molar-refractivity contribution in [1.29, 1.82) is 0 Å². The van der Waals surface area contributed by atoms with Gasteiger partial charge in [0.1, 0.15) is 10.6 Å². The Morgan fingerprint density at radius 3 is 1.52 bits per heavy atom. The molecule has 3 aromatic rings. The van der Waals surface area contributed by atoms with Gasteiger partial charge in [-0.3, -0.25) is 0 Å². The molecule has 0 aliphatic rings. The number of phenols is 1. The standard InChI is InChI=1S/C22H22O5S2/c1-4-17-13-20(23)22(29(26,27)19-11-7-16(3)8-12-19)14-21(17)28(24,25)18-9-5-15(2)6-10-18/h5-14,23H,4H2,1-3H3. The van der Waals surface area contributed by atoms with Gasteiger partial charge in [-0.2, -0.15) is 0 Å². The van der Waals surface area contributed by atoms with Crippen molar-refractivity contribution >= 4 is 19.7 Å². The second kappa shape index (κ2) is 7.65. The van der Waals surface area contributed by atoms with E-state index >= 15 is 0 Å². The molecule has 0 fully saturated rings. The highest BCUT2D eigenvalue weighted by Crippen LogP contribution is 2.35. The molecule has 0 bridgehead atoms. The molecule has 7 heteroatoms. The molecule has 0 aliphatic heterocycles. The molecular weight excluding hydrogens is 408 g/mol. The molecule has 0 amide bonds. The van der Waals surface area contributed by atoms with Gasteiger partial charge in [-0.25, -0.2) is 16.8 Å². The highest BCUT2D eigenvalue weighted by atomic mass is 32.2. The van der Waals surface area contributed by atoms with E-state index in [1.54, 1.807) is 31.2 Å². The zero-order valence-electron chi connectivity index (χ0n) is 16.4. The lowest BCUT2D eigenvalue weighted by atomic mass is 10.1. The number of hydrogen-bond acceptors (Lipinski definition) is 5. The Bertz CT molecular complexity index is 1260. The molecule has 0 heterocycles. The fourth-order valence-corrected chi connectivity index (χ4v) is 6.02. The lowest BCUT2D eigenvalue weighted by Gasteiger charge is -2.14. The first-order valence-corrected chi connectivity index (χ1v) is 12.0. The summed E-state index contributed by atoms with van der Waals surface area (Å²) in [4.78, 5) is -0.486. The number of hydrogen-bond donors (Lipinski definition) is 1. The molecule has 0 unspecified atom stereocenters. The Hall–Kier alpha value is -2.64. The lowest BCUT2D eigenvalue weighted by molar-refractivity contribution is 0.456. The third-order valence-electron chi connectivity index (χ3n) is 4.76. The largest absolute Gasteiger partial charge is 0.507 e. The van der Waals surface area contributed by atoms with Gasteiger partial charge in [0.05, 0.1) is 14.7 Å². The normalized spacial score (nSPS) is 12.1. The number of aromatic hydroxyl groups is 1. The van der Waals surface area contributed by atoms with Gasteiger partial charge in [-0.05, 0) is 62.2 Å². The van der Waals surface area contributed by atoms with E-state index in [1.165, 1.54) is 30.3 Å². The van der Waals surface area contributed by atoms with Crippen LogP contribution in [-0.4, -0.2) is 21.9 Å². The van der Waals surface area contributed by atoms with E-state index < -0.39 is 30.3 Å². The van der Waals surface area contributed by atoms with E-state index in [-0.39, 0.29) is 14.7 Å². The van der Waals surface area contributed by atoms with Crippen LogP contribution in [-0.2, 0) is 26.1 Å². The van der Waals surface area contributed by atoms with Gasteiger partial charge in [0.25, 0.3) is 0 Å². The molecular formula is C22H22O5S2. The number of benzene rings is 3. The van der Waals surface area contributed by atoms with E-state index in [0.717, 1.165) is 17.2 Å². The molecule has 0 saturated carbocycles. The van der Waals surface area contributed by atoms with Gasteiger partial charge >= 0.3 is 0 Å². The summed E-state index contributed by atoms with van der Waals surface area (Å²) in [6, 6.07) is 14.8. The summed E-state index contributed by atoms with van der Waals surface area (Å²) in [6.07, 6.45) is 0.318. The molecule has 0 spiro atoms. The molecule has 3 rings (SSSR count). The predicted molar refractivity (Wildman–Crippen MR) is 111 cm³/mol. The summed E-state index contributed by atoms with van der Waals surface area (Å²) in [5, 5.41) is 10.4. The Balaban J connectivity index is 2.24. The van der Waals surface area contributed by atoms with Crippen molar-refractivity contribution in [2.45, 2.75) is 46.8 Å². The summed E-state index contributed by atoms with van der Waals surface area (Å²) >= 11 is 0. The maximum Gasteiger partial charge on any atom is 0.210 e. The second-order valence-corrected chi connectivity index (χ2v) is 10.8. The zero-order valence-corrected chi connectivity index (χ0v) is 18.0. The van der Waals surface area contributed by atoms with E-state index in [0.29, 0.717) is 12.0 Å². The van der Waals surface area contributed by atoms with Gasteiger partial charge in [-0.15, -0.1) is 0 Å². The van der Waals surface area contributed by atoms with Crippen molar-refractivity contribution < 1.29 is 21.9 Å². The Morgan fingerprint density at radius 2 is 1.10 bits per heavy atom. The number of rotatable bonds is 5.